The van der Waals surface area contributed by atoms with Gasteiger partial charge in [-0.2, -0.15) is 0 Å². The lowest BCUT2D eigenvalue weighted by molar-refractivity contribution is 0.396. The van der Waals surface area contributed by atoms with E-state index in [0.717, 1.165) is 42.4 Å². The fraction of sp³-hybridized carbons (Fsp3) is 0.400. The van der Waals surface area contributed by atoms with Crippen molar-refractivity contribution >= 4 is 5.69 Å². The maximum atomic E-state index is 6.37. The van der Waals surface area contributed by atoms with Crippen LogP contribution in [0, 0.1) is 0 Å². The molecular formula is C20H26N2O3. The zero-order valence-electron chi connectivity index (χ0n) is 15.1. The summed E-state index contributed by atoms with van der Waals surface area (Å²) in [6, 6.07) is 14.2. The van der Waals surface area contributed by atoms with Crippen LogP contribution >= 0.6 is 0 Å². The molecule has 134 valence electrons. The van der Waals surface area contributed by atoms with Crippen molar-refractivity contribution in [3.05, 3.63) is 48.0 Å². The average Bonchev–Trinajstić information content (AvgIpc) is 2.67. The van der Waals surface area contributed by atoms with E-state index >= 15 is 0 Å². The third-order valence-corrected chi connectivity index (χ3v) is 4.80. The second-order valence-electron chi connectivity index (χ2n) is 6.41. The van der Waals surface area contributed by atoms with Crippen LogP contribution in [0.25, 0.3) is 0 Å². The van der Waals surface area contributed by atoms with Crippen molar-refractivity contribution in [1.82, 2.24) is 0 Å². The van der Waals surface area contributed by atoms with Crippen LogP contribution in [-0.4, -0.2) is 40.5 Å². The number of ether oxygens (including phenoxy) is 3. The van der Waals surface area contributed by atoms with Crippen molar-refractivity contribution in [2.45, 2.75) is 18.4 Å². The van der Waals surface area contributed by atoms with E-state index in [4.69, 9.17) is 19.9 Å². The van der Waals surface area contributed by atoms with Crippen molar-refractivity contribution in [3.63, 3.8) is 0 Å². The van der Waals surface area contributed by atoms with Crippen LogP contribution in [-0.2, 0) is 0 Å². The zero-order chi connectivity index (χ0) is 17.8. The van der Waals surface area contributed by atoms with Crippen molar-refractivity contribution in [3.8, 4) is 17.2 Å². The van der Waals surface area contributed by atoms with Crippen LogP contribution in [0.15, 0.2) is 42.5 Å². The number of nitrogens with two attached hydrogens (primary N) is 1. The molecule has 2 N–H and O–H groups in total. The highest BCUT2D eigenvalue weighted by Crippen LogP contribution is 2.37. The van der Waals surface area contributed by atoms with Gasteiger partial charge in [0.05, 0.1) is 27.0 Å². The van der Waals surface area contributed by atoms with Gasteiger partial charge in [0, 0.05) is 31.1 Å². The number of rotatable bonds is 5. The molecule has 3 rings (SSSR count). The first-order valence-corrected chi connectivity index (χ1v) is 8.51. The van der Waals surface area contributed by atoms with E-state index in [1.54, 1.807) is 21.3 Å². The first kappa shape index (κ1) is 17.4. The summed E-state index contributed by atoms with van der Waals surface area (Å²) in [4.78, 5) is 2.30. The molecule has 1 fully saturated rings. The van der Waals surface area contributed by atoms with E-state index in [1.807, 2.05) is 30.3 Å². The van der Waals surface area contributed by atoms with E-state index < -0.39 is 0 Å². The summed E-state index contributed by atoms with van der Waals surface area (Å²) in [5.74, 6) is 2.89. The van der Waals surface area contributed by atoms with Crippen molar-refractivity contribution in [2.75, 3.05) is 39.3 Å². The predicted octanol–water partition coefficient (Wildman–Crippen LogP) is 3.03. The van der Waals surface area contributed by atoms with Gasteiger partial charge < -0.3 is 24.8 Å². The molecule has 0 saturated carbocycles. The van der Waals surface area contributed by atoms with Crippen LogP contribution in [0.3, 0.4) is 0 Å². The Kier molecular flexibility index (Phi) is 5.34. The number of benzene rings is 2. The van der Waals surface area contributed by atoms with E-state index in [1.165, 1.54) is 5.56 Å². The SMILES string of the molecule is COc1ccc(C2CC(N)CN(c3cc(OC)ccc3OC)C2)cc1. The molecule has 5 nitrogen and oxygen atoms in total. The second kappa shape index (κ2) is 7.66. The molecule has 0 aliphatic carbocycles. The highest BCUT2D eigenvalue weighted by Gasteiger charge is 2.28. The number of anilines is 1. The highest BCUT2D eigenvalue weighted by molar-refractivity contribution is 5.62. The maximum absolute atomic E-state index is 6.37. The smallest absolute Gasteiger partial charge is 0.142 e. The van der Waals surface area contributed by atoms with E-state index in [0.29, 0.717) is 5.92 Å². The summed E-state index contributed by atoms with van der Waals surface area (Å²) in [7, 11) is 5.05. The Morgan fingerprint density at radius 3 is 2.20 bits per heavy atom. The summed E-state index contributed by atoms with van der Waals surface area (Å²) < 4.78 is 16.2. The normalized spacial score (nSPS) is 20.2. The maximum Gasteiger partial charge on any atom is 0.142 e. The quantitative estimate of drug-likeness (QED) is 0.905. The fourth-order valence-electron chi connectivity index (χ4n) is 3.50. The molecule has 1 heterocycles. The topological polar surface area (TPSA) is 57.0 Å². The standard InChI is InChI=1S/C20H26N2O3/c1-23-17-6-4-14(5-7-17)15-10-16(21)13-22(12-15)19-11-18(24-2)8-9-20(19)25-3/h4-9,11,15-16H,10,12-13,21H2,1-3H3. The van der Waals surface area contributed by atoms with E-state index in [2.05, 4.69) is 17.0 Å². The van der Waals surface area contributed by atoms with Gasteiger partial charge in [-0.3, -0.25) is 0 Å². The van der Waals surface area contributed by atoms with Crippen LogP contribution in [0.1, 0.15) is 17.9 Å². The monoisotopic (exact) mass is 342 g/mol. The van der Waals surface area contributed by atoms with Crippen LogP contribution < -0.4 is 24.8 Å². The Bertz CT molecular complexity index is 703. The lowest BCUT2D eigenvalue weighted by atomic mass is 9.88. The van der Waals surface area contributed by atoms with Gasteiger partial charge in [0.15, 0.2) is 0 Å². The molecule has 2 unspecified atom stereocenters. The van der Waals surface area contributed by atoms with Gasteiger partial charge >= 0.3 is 0 Å². The van der Waals surface area contributed by atoms with Gasteiger partial charge in [-0.1, -0.05) is 12.1 Å². The first-order valence-electron chi connectivity index (χ1n) is 8.51. The van der Waals surface area contributed by atoms with Crippen LogP contribution in [0.2, 0.25) is 0 Å². The molecule has 2 atom stereocenters. The van der Waals surface area contributed by atoms with Gasteiger partial charge in [0.1, 0.15) is 17.2 Å². The lowest BCUT2D eigenvalue weighted by Crippen LogP contribution is -2.46. The molecule has 2 aromatic rings. The minimum atomic E-state index is 0.108. The lowest BCUT2D eigenvalue weighted by Gasteiger charge is -2.38. The summed E-state index contributed by atoms with van der Waals surface area (Å²) in [5.41, 5.74) is 8.67. The predicted molar refractivity (Wildman–Crippen MR) is 100 cm³/mol. The number of piperidine rings is 1. The van der Waals surface area contributed by atoms with Gasteiger partial charge in [0.2, 0.25) is 0 Å². The molecule has 1 aliphatic heterocycles. The number of hydrogen-bond acceptors (Lipinski definition) is 5. The summed E-state index contributed by atoms with van der Waals surface area (Å²) in [6.07, 6.45) is 0.967. The Morgan fingerprint density at radius 1 is 0.880 bits per heavy atom. The Morgan fingerprint density at radius 2 is 1.56 bits per heavy atom. The third-order valence-electron chi connectivity index (χ3n) is 4.80. The van der Waals surface area contributed by atoms with Gasteiger partial charge in [-0.25, -0.2) is 0 Å². The van der Waals surface area contributed by atoms with E-state index in [9.17, 15) is 0 Å². The van der Waals surface area contributed by atoms with Crippen molar-refractivity contribution in [1.29, 1.82) is 0 Å². The molecule has 0 bridgehead atoms. The molecule has 1 aliphatic rings. The summed E-state index contributed by atoms with van der Waals surface area (Å²) in [5, 5.41) is 0. The zero-order valence-corrected chi connectivity index (χ0v) is 15.1. The highest BCUT2D eigenvalue weighted by atomic mass is 16.5. The Hall–Kier alpha value is -2.40. The number of nitrogens with zero attached hydrogens (tertiary/aromatic N) is 1. The molecule has 1 saturated heterocycles. The van der Waals surface area contributed by atoms with Gasteiger partial charge in [-0.15, -0.1) is 0 Å². The number of hydrogen-bond donors (Lipinski definition) is 1. The molecule has 0 aromatic heterocycles. The first-order chi connectivity index (χ1) is 12.1. The Labute approximate surface area is 149 Å². The van der Waals surface area contributed by atoms with Crippen LogP contribution in [0.5, 0.6) is 17.2 Å². The molecule has 0 radical (unpaired) electrons. The van der Waals surface area contributed by atoms with E-state index in [-0.39, 0.29) is 6.04 Å². The largest absolute Gasteiger partial charge is 0.497 e. The van der Waals surface area contributed by atoms with Gasteiger partial charge in [-0.05, 0) is 36.2 Å². The molecule has 25 heavy (non-hydrogen) atoms. The van der Waals surface area contributed by atoms with Crippen LogP contribution in [0.4, 0.5) is 5.69 Å². The Balaban J connectivity index is 1.87. The molecule has 0 spiro atoms. The number of methoxy groups -OCH3 is 3. The van der Waals surface area contributed by atoms with Crippen molar-refractivity contribution in [2.24, 2.45) is 5.73 Å². The fourth-order valence-corrected chi connectivity index (χ4v) is 3.50. The average molecular weight is 342 g/mol. The molecule has 0 amide bonds. The summed E-state index contributed by atoms with van der Waals surface area (Å²) in [6.45, 7) is 1.69. The minimum Gasteiger partial charge on any atom is -0.497 e. The second-order valence-corrected chi connectivity index (χ2v) is 6.41. The van der Waals surface area contributed by atoms with Gasteiger partial charge in [0.25, 0.3) is 0 Å². The molecular weight excluding hydrogens is 316 g/mol. The molecule has 5 heteroatoms. The third kappa shape index (κ3) is 3.82. The summed E-state index contributed by atoms with van der Waals surface area (Å²) >= 11 is 0. The minimum absolute atomic E-state index is 0.108. The molecule has 2 aromatic carbocycles. The van der Waals surface area contributed by atoms with Crippen molar-refractivity contribution < 1.29 is 14.2 Å².